The fraction of sp³-hybridized carbons (Fsp3) is 0.667. The van der Waals surface area contributed by atoms with Crippen LogP contribution in [0.2, 0.25) is 0 Å². The molecule has 0 bridgehead atoms. The summed E-state index contributed by atoms with van der Waals surface area (Å²) in [5, 5.41) is 3.61. The molecule has 0 spiro atoms. The van der Waals surface area contributed by atoms with E-state index < -0.39 is 0 Å². The Morgan fingerprint density at radius 2 is 2.17 bits per heavy atom. The van der Waals surface area contributed by atoms with E-state index in [1.165, 1.54) is 12.0 Å². The monoisotopic (exact) mass is 250 g/mol. The summed E-state index contributed by atoms with van der Waals surface area (Å²) in [7, 11) is 1.69. The molecule has 1 heterocycles. The zero-order chi connectivity index (χ0) is 13.4. The predicted molar refractivity (Wildman–Crippen MR) is 75.9 cm³/mol. The van der Waals surface area contributed by atoms with Gasteiger partial charge in [-0.05, 0) is 31.4 Å². The number of ether oxygens (including phenoxy) is 1. The molecule has 1 N–H and O–H groups in total. The maximum Gasteiger partial charge on any atom is 0.217 e. The summed E-state index contributed by atoms with van der Waals surface area (Å²) in [6, 6.07) is 4.43. The summed E-state index contributed by atoms with van der Waals surface area (Å²) < 4.78 is 5.37. The van der Waals surface area contributed by atoms with Crippen LogP contribution in [0.4, 0.5) is 0 Å². The molecule has 18 heavy (non-hydrogen) atoms. The third-order valence-electron chi connectivity index (χ3n) is 3.35. The van der Waals surface area contributed by atoms with Crippen LogP contribution in [0.5, 0.6) is 5.88 Å². The Bertz CT molecular complexity index is 341. The van der Waals surface area contributed by atoms with Crippen LogP contribution in [0.1, 0.15) is 51.6 Å². The van der Waals surface area contributed by atoms with Crippen molar-refractivity contribution in [1.82, 2.24) is 10.3 Å². The van der Waals surface area contributed by atoms with Gasteiger partial charge in [0.1, 0.15) is 0 Å². The normalized spacial score (nSPS) is 14.2. The van der Waals surface area contributed by atoms with Crippen molar-refractivity contribution in [1.29, 1.82) is 0 Å². The largest absolute Gasteiger partial charge is 0.481 e. The Morgan fingerprint density at radius 3 is 2.78 bits per heavy atom. The van der Waals surface area contributed by atoms with Crippen molar-refractivity contribution in [2.45, 2.75) is 46.1 Å². The lowest BCUT2D eigenvalue weighted by molar-refractivity contribution is 0.360. The van der Waals surface area contributed by atoms with Crippen LogP contribution in [0.3, 0.4) is 0 Å². The van der Waals surface area contributed by atoms with Gasteiger partial charge in [-0.1, -0.05) is 33.3 Å². The maximum atomic E-state index is 5.37. The highest BCUT2D eigenvalue weighted by molar-refractivity contribution is 5.29. The summed E-state index contributed by atoms with van der Waals surface area (Å²) in [5.74, 6) is 1.44. The third kappa shape index (κ3) is 4.30. The topological polar surface area (TPSA) is 34.2 Å². The van der Waals surface area contributed by atoms with Crippen LogP contribution in [0, 0.1) is 5.92 Å². The van der Waals surface area contributed by atoms with Gasteiger partial charge in [-0.2, -0.15) is 0 Å². The minimum absolute atomic E-state index is 0.337. The second-order valence-electron chi connectivity index (χ2n) is 4.86. The molecule has 1 aromatic rings. The van der Waals surface area contributed by atoms with Crippen LogP contribution in [0.25, 0.3) is 0 Å². The molecular weight excluding hydrogens is 224 g/mol. The first-order chi connectivity index (χ1) is 8.72. The second kappa shape index (κ2) is 8.09. The van der Waals surface area contributed by atoms with E-state index in [2.05, 4.69) is 37.1 Å². The number of aromatic nitrogens is 1. The summed E-state index contributed by atoms with van der Waals surface area (Å²) in [6.07, 6.45) is 5.24. The van der Waals surface area contributed by atoms with Crippen molar-refractivity contribution < 1.29 is 4.74 Å². The molecular formula is C15H26N2O. The number of hydrogen-bond acceptors (Lipinski definition) is 3. The highest BCUT2D eigenvalue weighted by atomic mass is 16.5. The highest BCUT2D eigenvalue weighted by Crippen LogP contribution is 2.28. The van der Waals surface area contributed by atoms with Crippen molar-refractivity contribution in [3.05, 3.63) is 23.9 Å². The van der Waals surface area contributed by atoms with Crippen LogP contribution in [-0.4, -0.2) is 18.6 Å². The quantitative estimate of drug-likeness (QED) is 0.766. The third-order valence-corrected chi connectivity index (χ3v) is 3.35. The summed E-state index contributed by atoms with van der Waals surface area (Å²) in [4.78, 5) is 4.30. The number of nitrogens with one attached hydrogen (secondary N) is 1. The highest BCUT2D eigenvalue weighted by Gasteiger charge is 2.18. The van der Waals surface area contributed by atoms with Crippen LogP contribution < -0.4 is 10.1 Å². The predicted octanol–water partition coefficient (Wildman–Crippen LogP) is 3.57. The van der Waals surface area contributed by atoms with Crippen molar-refractivity contribution in [3.63, 3.8) is 0 Å². The molecule has 2 atom stereocenters. The van der Waals surface area contributed by atoms with Gasteiger partial charge < -0.3 is 10.1 Å². The van der Waals surface area contributed by atoms with Gasteiger partial charge in [0.05, 0.1) is 7.11 Å². The molecule has 1 aromatic heterocycles. The van der Waals surface area contributed by atoms with E-state index in [1.54, 1.807) is 13.3 Å². The molecule has 102 valence electrons. The molecule has 2 unspecified atom stereocenters. The summed E-state index contributed by atoms with van der Waals surface area (Å²) in [6.45, 7) is 7.75. The zero-order valence-corrected chi connectivity index (χ0v) is 12.1. The van der Waals surface area contributed by atoms with Gasteiger partial charge in [0, 0.05) is 17.8 Å². The Morgan fingerprint density at radius 1 is 1.39 bits per heavy atom. The minimum Gasteiger partial charge on any atom is -0.481 e. The molecule has 3 heteroatoms. The molecule has 0 aromatic carbocycles. The molecule has 0 saturated carbocycles. The average Bonchev–Trinajstić information content (AvgIpc) is 2.43. The first kappa shape index (κ1) is 15.0. The van der Waals surface area contributed by atoms with E-state index >= 15 is 0 Å². The first-order valence-corrected chi connectivity index (χ1v) is 6.95. The van der Waals surface area contributed by atoms with Crippen molar-refractivity contribution in [2.75, 3.05) is 13.7 Å². The Hall–Kier alpha value is -1.09. The van der Waals surface area contributed by atoms with Crippen molar-refractivity contribution in [2.24, 2.45) is 5.92 Å². The van der Waals surface area contributed by atoms with Gasteiger partial charge in [0.2, 0.25) is 5.88 Å². The van der Waals surface area contributed by atoms with Crippen LogP contribution in [-0.2, 0) is 0 Å². The van der Waals surface area contributed by atoms with Gasteiger partial charge in [0.15, 0.2) is 0 Å². The average molecular weight is 250 g/mol. The number of nitrogens with zero attached hydrogens (tertiary/aromatic N) is 1. The SMILES string of the molecule is CCCNC(CC(C)CC)c1cccnc1OC. The molecule has 0 aliphatic heterocycles. The molecule has 1 rings (SSSR count). The summed E-state index contributed by atoms with van der Waals surface area (Å²) in [5.41, 5.74) is 1.17. The first-order valence-electron chi connectivity index (χ1n) is 6.95. The second-order valence-corrected chi connectivity index (χ2v) is 4.86. The molecule has 0 fully saturated rings. The maximum absolute atomic E-state index is 5.37. The molecule has 0 aliphatic rings. The fourth-order valence-electron chi connectivity index (χ4n) is 2.05. The van der Waals surface area contributed by atoms with Crippen molar-refractivity contribution in [3.8, 4) is 5.88 Å². The number of pyridine rings is 1. The van der Waals surface area contributed by atoms with E-state index in [0.29, 0.717) is 12.0 Å². The molecule has 0 radical (unpaired) electrons. The lowest BCUT2D eigenvalue weighted by Crippen LogP contribution is -2.24. The van der Waals surface area contributed by atoms with Gasteiger partial charge in [-0.15, -0.1) is 0 Å². The zero-order valence-electron chi connectivity index (χ0n) is 12.1. The van der Waals surface area contributed by atoms with Crippen LogP contribution >= 0.6 is 0 Å². The van der Waals surface area contributed by atoms with Crippen LogP contribution in [0.15, 0.2) is 18.3 Å². The minimum atomic E-state index is 0.337. The van der Waals surface area contributed by atoms with Gasteiger partial charge in [-0.3, -0.25) is 0 Å². The lowest BCUT2D eigenvalue weighted by Gasteiger charge is -2.23. The molecule has 0 saturated heterocycles. The Balaban J connectivity index is 2.85. The standard InChI is InChI=1S/C15H26N2O/c1-5-9-16-14(11-12(3)6-2)13-8-7-10-17-15(13)18-4/h7-8,10,12,14,16H,5-6,9,11H2,1-4H3. The molecule has 3 nitrogen and oxygen atoms in total. The van der Waals surface area contributed by atoms with E-state index in [9.17, 15) is 0 Å². The van der Waals surface area contributed by atoms with Gasteiger partial charge in [-0.25, -0.2) is 4.98 Å². The molecule has 0 aliphatic carbocycles. The Labute approximate surface area is 111 Å². The molecule has 0 amide bonds. The van der Waals surface area contributed by atoms with E-state index in [4.69, 9.17) is 4.74 Å². The summed E-state index contributed by atoms with van der Waals surface area (Å²) >= 11 is 0. The van der Waals surface area contributed by atoms with Crippen molar-refractivity contribution >= 4 is 0 Å². The van der Waals surface area contributed by atoms with Gasteiger partial charge >= 0.3 is 0 Å². The van der Waals surface area contributed by atoms with E-state index in [1.807, 2.05) is 6.07 Å². The smallest absolute Gasteiger partial charge is 0.217 e. The van der Waals surface area contributed by atoms with E-state index in [-0.39, 0.29) is 0 Å². The van der Waals surface area contributed by atoms with Gasteiger partial charge in [0.25, 0.3) is 0 Å². The Kier molecular flexibility index (Phi) is 6.73. The number of rotatable bonds is 8. The fourth-order valence-corrected chi connectivity index (χ4v) is 2.05. The number of methoxy groups -OCH3 is 1. The van der Waals surface area contributed by atoms with E-state index in [0.717, 1.165) is 25.3 Å². The lowest BCUT2D eigenvalue weighted by atomic mass is 9.94. The number of hydrogen-bond donors (Lipinski definition) is 1.